The molecule has 0 bridgehead atoms. The van der Waals surface area contributed by atoms with Crippen LogP contribution in [-0.2, 0) is 17.7 Å². The van der Waals surface area contributed by atoms with E-state index in [0.29, 0.717) is 17.8 Å². The fourth-order valence-electron chi connectivity index (χ4n) is 2.74. The first-order valence-electron chi connectivity index (χ1n) is 7.79. The Balaban J connectivity index is 1.75. The maximum absolute atomic E-state index is 4.91. The lowest BCUT2D eigenvalue weighted by Gasteiger charge is -2.15. The summed E-state index contributed by atoms with van der Waals surface area (Å²) in [4.78, 5) is 18.0. The molecule has 0 saturated carbocycles. The summed E-state index contributed by atoms with van der Waals surface area (Å²) in [5.41, 5.74) is 5.43. The van der Waals surface area contributed by atoms with E-state index < -0.39 is 0 Å². The number of fused-ring (bicyclic) bond motifs is 1. The van der Waals surface area contributed by atoms with Gasteiger partial charge in [0.15, 0.2) is 0 Å². The highest BCUT2D eigenvalue weighted by atomic mass is 16.6. The van der Waals surface area contributed by atoms with Crippen molar-refractivity contribution < 1.29 is 4.84 Å². The molecule has 0 saturated heterocycles. The highest BCUT2D eigenvalue weighted by Crippen LogP contribution is 2.24. The van der Waals surface area contributed by atoms with Gasteiger partial charge in [-0.1, -0.05) is 24.3 Å². The van der Waals surface area contributed by atoms with Crippen molar-refractivity contribution in [2.24, 2.45) is 0 Å². The largest absolute Gasteiger partial charge is 0.352 e. The van der Waals surface area contributed by atoms with Gasteiger partial charge in [-0.3, -0.25) is 4.84 Å². The normalized spacial score (nSPS) is 13.9. The van der Waals surface area contributed by atoms with Gasteiger partial charge >= 0.3 is 0 Å². The Morgan fingerprint density at radius 3 is 2.22 bits per heavy atom. The van der Waals surface area contributed by atoms with Crippen LogP contribution in [-0.4, -0.2) is 34.1 Å². The molecule has 1 aliphatic rings. The van der Waals surface area contributed by atoms with Crippen LogP contribution < -0.4 is 16.1 Å². The molecule has 122 valence electrons. The minimum atomic E-state index is 0.233. The van der Waals surface area contributed by atoms with Crippen LogP contribution in [0.3, 0.4) is 0 Å². The second kappa shape index (κ2) is 6.78. The van der Waals surface area contributed by atoms with Gasteiger partial charge in [-0.2, -0.15) is 15.0 Å². The highest BCUT2D eigenvalue weighted by Gasteiger charge is 2.22. The molecule has 0 aliphatic heterocycles. The summed E-state index contributed by atoms with van der Waals surface area (Å²) >= 11 is 0. The van der Waals surface area contributed by atoms with Crippen molar-refractivity contribution >= 4 is 17.8 Å². The lowest BCUT2D eigenvalue weighted by Crippen LogP contribution is -2.23. The van der Waals surface area contributed by atoms with Crippen LogP contribution in [0, 0.1) is 0 Å². The number of aromatic nitrogens is 3. The Hall–Kier alpha value is -2.41. The minimum absolute atomic E-state index is 0.233. The Morgan fingerprint density at radius 1 is 1.00 bits per heavy atom. The summed E-state index contributed by atoms with van der Waals surface area (Å²) in [5.74, 6) is 1.44. The van der Waals surface area contributed by atoms with Crippen LogP contribution in [0.15, 0.2) is 24.3 Å². The lowest BCUT2D eigenvalue weighted by molar-refractivity contribution is 0.267. The first-order valence-corrected chi connectivity index (χ1v) is 7.79. The van der Waals surface area contributed by atoms with Crippen molar-refractivity contribution in [2.75, 3.05) is 23.2 Å². The summed E-state index contributed by atoms with van der Waals surface area (Å²) in [7, 11) is 1.53. The monoisotopic (exact) mass is 314 g/mol. The van der Waals surface area contributed by atoms with Crippen LogP contribution in [0.4, 0.5) is 17.8 Å². The fraction of sp³-hybridized carbons (Fsp3) is 0.438. The molecular weight excluding hydrogens is 292 g/mol. The van der Waals surface area contributed by atoms with Crippen LogP contribution in [0.25, 0.3) is 0 Å². The summed E-state index contributed by atoms with van der Waals surface area (Å²) in [5, 5.41) is 6.59. The summed E-state index contributed by atoms with van der Waals surface area (Å²) in [6.07, 6.45) is 1.95. The predicted molar refractivity (Wildman–Crippen MR) is 90.5 cm³/mol. The molecule has 0 fully saturated rings. The van der Waals surface area contributed by atoms with E-state index in [1.165, 1.54) is 18.2 Å². The molecule has 1 aromatic heterocycles. The molecule has 1 heterocycles. The van der Waals surface area contributed by atoms with E-state index in [2.05, 4.69) is 55.3 Å². The first kappa shape index (κ1) is 15.5. The number of hydrogen-bond donors (Lipinski definition) is 3. The van der Waals surface area contributed by atoms with E-state index in [0.717, 1.165) is 12.8 Å². The SMILES string of the molecule is CONc1nc(NC(C)C)nc(NC2Cc3ccccc3C2)n1. The van der Waals surface area contributed by atoms with Crippen molar-refractivity contribution in [1.82, 2.24) is 15.0 Å². The quantitative estimate of drug-likeness (QED) is 0.705. The zero-order valence-corrected chi connectivity index (χ0v) is 13.6. The fourth-order valence-corrected chi connectivity index (χ4v) is 2.74. The number of nitrogens with zero attached hydrogens (tertiary/aromatic N) is 3. The first-order chi connectivity index (χ1) is 11.1. The Kier molecular flexibility index (Phi) is 4.57. The van der Waals surface area contributed by atoms with Crippen LogP contribution in [0.1, 0.15) is 25.0 Å². The Morgan fingerprint density at radius 2 is 1.61 bits per heavy atom. The summed E-state index contributed by atoms with van der Waals surface area (Å²) < 4.78 is 0. The molecule has 2 aromatic rings. The van der Waals surface area contributed by atoms with Crippen molar-refractivity contribution in [3.63, 3.8) is 0 Å². The molecule has 0 unspecified atom stereocenters. The van der Waals surface area contributed by atoms with E-state index in [4.69, 9.17) is 4.84 Å². The summed E-state index contributed by atoms with van der Waals surface area (Å²) in [6, 6.07) is 9.03. The van der Waals surface area contributed by atoms with Gasteiger partial charge < -0.3 is 10.6 Å². The molecule has 1 aromatic carbocycles. The topological polar surface area (TPSA) is 84.0 Å². The molecular formula is C16H22N6O. The number of hydrogen-bond acceptors (Lipinski definition) is 7. The number of nitrogens with one attached hydrogen (secondary N) is 3. The van der Waals surface area contributed by atoms with Crippen LogP contribution in [0.5, 0.6) is 0 Å². The highest BCUT2D eigenvalue weighted by molar-refractivity contribution is 5.44. The van der Waals surface area contributed by atoms with E-state index in [9.17, 15) is 0 Å². The molecule has 0 radical (unpaired) electrons. The maximum Gasteiger partial charge on any atom is 0.253 e. The Labute approximate surface area is 135 Å². The van der Waals surface area contributed by atoms with Crippen molar-refractivity contribution in [1.29, 1.82) is 0 Å². The smallest absolute Gasteiger partial charge is 0.253 e. The van der Waals surface area contributed by atoms with Crippen LogP contribution >= 0.6 is 0 Å². The van der Waals surface area contributed by atoms with Gasteiger partial charge in [0, 0.05) is 12.1 Å². The molecule has 7 heteroatoms. The molecule has 23 heavy (non-hydrogen) atoms. The number of anilines is 3. The van der Waals surface area contributed by atoms with E-state index in [1.54, 1.807) is 0 Å². The van der Waals surface area contributed by atoms with E-state index >= 15 is 0 Å². The van der Waals surface area contributed by atoms with E-state index in [1.807, 2.05) is 13.8 Å². The van der Waals surface area contributed by atoms with Crippen molar-refractivity contribution in [3.05, 3.63) is 35.4 Å². The zero-order valence-electron chi connectivity index (χ0n) is 13.6. The third-order valence-electron chi connectivity index (χ3n) is 3.63. The van der Waals surface area contributed by atoms with Crippen LogP contribution in [0.2, 0.25) is 0 Å². The second-order valence-corrected chi connectivity index (χ2v) is 5.93. The molecule has 0 atom stereocenters. The van der Waals surface area contributed by atoms with Gasteiger partial charge in [-0.05, 0) is 37.8 Å². The van der Waals surface area contributed by atoms with Gasteiger partial charge in [-0.15, -0.1) is 0 Å². The van der Waals surface area contributed by atoms with Gasteiger partial charge in [0.2, 0.25) is 11.9 Å². The lowest BCUT2D eigenvalue weighted by atomic mass is 10.1. The molecule has 0 amide bonds. The molecule has 3 N–H and O–H groups in total. The number of benzene rings is 1. The molecule has 1 aliphatic carbocycles. The van der Waals surface area contributed by atoms with Gasteiger partial charge in [0.05, 0.1) is 7.11 Å². The second-order valence-electron chi connectivity index (χ2n) is 5.93. The predicted octanol–water partition coefficient (Wildman–Crippen LogP) is 2.24. The molecule has 7 nitrogen and oxygen atoms in total. The molecule has 0 spiro atoms. The van der Waals surface area contributed by atoms with Gasteiger partial charge in [0.25, 0.3) is 5.95 Å². The zero-order chi connectivity index (χ0) is 16.2. The summed E-state index contributed by atoms with van der Waals surface area (Å²) in [6.45, 7) is 4.07. The standard InChI is InChI=1S/C16H22N6O/c1-10(2)17-14-19-15(21-16(20-14)22-23-3)18-13-8-11-6-4-5-7-12(11)9-13/h4-7,10,13H,8-9H2,1-3H3,(H3,17,18,19,20,21,22). The average Bonchev–Trinajstić information content (AvgIpc) is 2.88. The number of rotatable bonds is 6. The average molecular weight is 314 g/mol. The molecule has 3 rings (SSSR count). The minimum Gasteiger partial charge on any atom is -0.352 e. The van der Waals surface area contributed by atoms with Gasteiger partial charge in [-0.25, -0.2) is 5.48 Å². The third-order valence-corrected chi connectivity index (χ3v) is 3.63. The van der Waals surface area contributed by atoms with Gasteiger partial charge in [0.1, 0.15) is 0 Å². The van der Waals surface area contributed by atoms with Crippen molar-refractivity contribution in [2.45, 2.75) is 38.8 Å². The van der Waals surface area contributed by atoms with E-state index in [-0.39, 0.29) is 12.1 Å². The van der Waals surface area contributed by atoms with Crippen molar-refractivity contribution in [3.8, 4) is 0 Å². The maximum atomic E-state index is 4.91. The third kappa shape index (κ3) is 3.87. The Bertz CT molecular complexity index is 650.